The standard InChI is InChI=1S/C21H25N3O3S/c1-21(12-14-10-11-15(13-21)22-14)23-16-6-3-4-8-18(16)28-19-9-5-7-17(27-2)20(19)24(25)26/h3-9,14-15,22-23H,10-13H2,1-2H3. The fourth-order valence-electron chi connectivity index (χ4n) is 4.53. The van der Waals surface area contributed by atoms with Crippen molar-refractivity contribution in [3.05, 3.63) is 52.6 Å². The van der Waals surface area contributed by atoms with Crippen LogP contribution in [-0.4, -0.2) is 29.7 Å². The Morgan fingerprint density at radius 3 is 2.50 bits per heavy atom. The number of piperidine rings is 1. The predicted octanol–water partition coefficient (Wildman–Crippen LogP) is 4.84. The van der Waals surface area contributed by atoms with Crippen LogP contribution in [-0.2, 0) is 0 Å². The van der Waals surface area contributed by atoms with Crippen molar-refractivity contribution >= 4 is 23.1 Å². The van der Waals surface area contributed by atoms with Gasteiger partial charge in [-0.25, -0.2) is 0 Å². The van der Waals surface area contributed by atoms with Gasteiger partial charge in [-0.05, 0) is 56.9 Å². The third-order valence-electron chi connectivity index (χ3n) is 5.64. The third kappa shape index (κ3) is 3.82. The van der Waals surface area contributed by atoms with Crippen LogP contribution in [0.3, 0.4) is 0 Å². The second-order valence-corrected chi connectivity index (χ2v) is 8.98. The van der Waals surface area contributed by atoms with E-state index in [1.807, 2.05) is 18.2 Å². The molecule has 7 heteroatoms. The van der Waals surface area contributed by atoms with Gasteiger partial charge < -0.3 is 15.4 Å². The van der Waals surface area contributed by atoms with Crippen LogP contribution < -0.4 is 15.4 Å². The molecule has 0 amide bonds. The highest BCUT2D eigenvalue weighted by Crippen LogP contribution is 2.44. The first-order valence-electron chi connectivity index (χ1n) is 9.60. The number of rotatable bonds is 6. The molecule has 2 aromatic carbocycles. The van der Waals surface area contributed by atoms with Crippen molar-refractivity contribution in [2.45, 2.75) is 60.0 Å². The Kier molecular flexibility index (Phi) is 5.21. The Bertz CT molecular complexity index is 877. The average molecular weight is 400 g/mol. The summed E-state index contributed by atoms with van der Waals surface area (Å²) in [5.41, 5.74) is 1.05. The molecular formula is C21H25N3O3S. The molecule has 0 radical (unpaired) electrons. The number of nitrogens with zero attached hydrogens (tertiary/aromatic N) is 1. The van der Waals surface area contributed by atoms with Crippen LogP contribution in [0.5, 0.6) is 5.75 Å². The molecule has 6 nitrogen and oxygen atoms in total. The molecule has 2 aromatic rings. The summed E-state index contributed by atoms with van der Waals surface area (Å²) in [6.45, 7) is 2.29. The zero-order valence-electron chi connectivity index (χ0n) is 16.1. The Balaban J connectivity index is 1.62. The van der Waals surface area contributed by atoms with Gasteiger partial charge in [-0.1, -0.05) is 30.0 Å². The number of fused-ring (bicyclic) bond motifs is 2. The molecule has 2 saturated heterocycles. The SMILES string of the molecule is COc1cccc(Sc2ccccc2NC2(C)CC3CCC(C2)N3)c1[N+](=O)[O-]. The Morgan fingerprint density at radius 2 is 1.82 bits per heavy atom. The summed E-state index contributed by atoms with van der Waals surface area (Å²) in [4.78, 5) is 12.8. The lowest BCUT2D eigenvalue weighted by atomic mass is 9.85. The Hall–Kier alpha value is -2.25. The molecule has 2 fully saturated rings. The number of nitro groups is 1. The van der Waals surface area contributed by atoms with E-state index in [4.69, 9.17) is 4.74 Å². The lowest BCUT2D eigenvalue weighted by Gasteiger charge is -2.40. The highest BCUT2D eigenvalue weighted by atomic mass is 32.2. The largest absolute Gasteiger partial charge is 0.490 e. The van der Waals surface area contributed by atoms with Gasteiger partial charge in [0.2, 0.25) is 0 Å². The van der Waals surface area contributed by atoms with Crippen LogP contribution in [0.15, 0.2) is 52.3 Å². The first-order chi connectivity index (χ1) is 13.5. The predicted molar refractivity (Wildman–Crippen MR) is 111 cm³/mol. The fraction of sp³-hybridized carbons (Fsp3) is 0.429. The summed E-state index contributed by atoms with van der Waals surface area (Å²) in [7, 11) is 1.46. The monoisotopic (exact) mass is 399 g/mol. The summed E-state index contributed by atoms with van der Waals surface area (Å²) in [5, 5.41) is 19.1. The van der Waals surface area contributed by atoms with E-state index in [-0.39, 0.29) is 21.9 Å². The van der Waals surface area contributed by atoms with Crippen LogP contribution in [0, 0.1) is 10.1 Å². The lowest BCUT2D eigenvalue weighted by molar-refractivity contribution is -0.388. The number of para-hydroxylation sites is 2. The number of methoxy groups -OCH3 is 1. The Labute approximate surface area is 169 Å². The zero-order valence-corrected chi connectivity index (χ0v) is 16.9. The molecule has 2 unspecified atom stereocenters. The topological polar surface area (TPSA) is 76.4 Å². The molecule has 2 bridgehead atoms. The first kappa shape index (κ1) is 19.1. The van der Waals surface area contributed by atoms with Crippen molar-refractivity contribution in [1.29, 1.82) is 0 Å². The molecule has 0 spiro atoms. The highest BCUT2D eigenvalue weighted by Gasteiger charge is 2.40. The molecule has 0 aromatic heterocycles. The van der Waals surface area contributed by atoms with Gasteiger partial charge in [0.15, 0.2) is 5.75 Å². The normalized spacial score (nSPS) is 26.1. The highest BCUT2D eigenvalue weighted by molar-refractivity contribution is 7.99. The molecule has 28 heavy (non-hydrogen) atoms. The minimum absolute atomic E-state index is 0.0101. The number of nitrogens with one attached hydrogen (secondary N) is 2. The van der Waals surface area contributed by atoms with Crippen molar-refractivity contribution in [2.75, 3.05) is 12.4 Å². The average Bonchev–Trinajstić information content (AvgIpc) is 3.01. The molecule has 2 heterocycles. The third-order valence-corrected chi connectivity index (χ3v) is 6.76. The molecule has 2 aliphatic rings. The maximum atomic E-state index is 11.6. The van der Waals surface area contributed by atoms with Gasteiger partial charge in [-0.2, -0.15) is 0 Å². The molecule has 0 aliphatic carbocycles. The maximum Gasteiger partial charge on any atom is 0.324 e. The molecule has 4 rings (SSSR count). The minimum atomic E-state index is -0.372. The van der Waals surface area contributed by atoms with Gasteiger partial charge in [-0.15, -0.1) is 0 Å². The second kappa shape index (κ2) is 7.64. The summed E-state index contributed by atoms with van der Waals surface area (Å²) in [6.07, 6.45) is 4.66. The van der Waals surface area contributed by atoms with Crippen molar-refractivity contribution in [1.82, 2.24) is 5.32 Å². The zero-order chi connectivity index (χ0) is 19.7. The van der Waals surface area contributed by atoms with E-state index in [0.717, 1.165) is 23.4 Å². The quantitative estimate of drug-likeness (QED) is 0.535. The Morgan fingerprint density at radius 1 is 1.14 bits per heavy atom. The smallest absolute Gasteiger partial charge is 0.324 e. The summed E-state index contributed by atoms with van der Waals surface area (Å²) >= 11 is 1.40. The fourth-order valence-corrected chi connectivity index (χ4v) is 5.56. The van der Waals surface area contributed by atoms with Crippen LogP contribution in [0.25, 0.3) is 0 Å². The van der Waals surface area contributed by atoms with Crippen molar-refractivity contribution in [3.63, 3.8) is 0 Å². The van der Waals surface area contributed by atoms with Gasteiger partial charge in [0.05, 0.1) is 16.9 Å². The molecule has 2 N–H and O–H groups in total. The summed E-state index contributed by atoms with van der Waals surface area (Å²) in [6, 6.07) is 14.4. The molecule has 0 saturated carbocycles. The second-order valence-electron chi connectivity index (χ2n) is 7.89. The van der Waals surface area contributed by atoms with E-state index in [2.05, 4.69) is 23.6 Å². The van der Waals surface area contributed by atoms with Crippen molar-refractivity contribution < 1.29 is 9.66 Å². The van der Waals surface area contributed by atoms with Gasteiger partial charge in [-0.3, -0.25) is 10.1 Å². The molecule has 2 aliphatic heterocycles. The van der Waals surface area contributed by atoms with Crippen LogP contribution >= 0.6 is 11.8 Å². The van der Waals surface area contributed by atoms with Crippen molar-refractivity contribution in [2.24, 2.45) is 0 Å². The number of benzene rings is 2. The number of hydrogen-bond acceptors (Lipinski definition) is 6. The maximum absolute atomic E-state index is 11.6. The van der Waals surface area contributed by atoms with Crippen LogP contribution in [0.2, 0.25) is 0 Å². The molecule has 2 atom stereocenters. The number of ether oxygens (including phenoxy) is 1. The van der Waals surface area contributed by atoms with Crippen LogP contribution in [0.1, 0.15) is 32.6 Å². The van der Waals surface area contributed by atoms with E-state index >= 15 is 0 Å². The van der Waals surface area contributed by atoms with Crippen LogP contribution in [0.4, 0.5) is 11.4 Å². The van der Waals surface area contributed by atoms with Gasteiger partial charge >= 0.3 is 5.69 Å². The lowest BCUT2D eigenvalue weighted by Crippen LogP contribution is -2.51. The molecule has 148 valence electrons. The van der Waals surface area contributed by atoms with E-state index in [0.29, 0.717) is 17.0 Å². The summed E-state index contributed by atoms with van der Waals surface area (Å²) in [5.74, 6) is 0.280. The number of hydrogen-bond donors (Lipinski definition) is 2. The van der Waals surface area contributed by atoms with E-state index in [1.165, 1.54) is 31.7 Å². The minimum Gasteiger partial charge on any atom is -0.490 e. The van der Waals surface area contributed by atoms with E-state index in [1.54, 1.807) is 18.2 Å². The van der Waals surface area contributed by atoms with E-state index < -0.39 is 0 Å². The molecular weight excluding hydrogens is 374 g/mol. The number of nitro benzene ring substituents is 1. The van der Waals surface area contributed by atoms with Gasteiger partial charge in [0, 0.05) is 28.2 Å². The number of anilines is 1. The van der Waals surface area contributed by atoms with Crippen molar-refractivity contribution in [3.8, 4) is 5.75 Å². The van der Waals surface area contributed by atoms with E-state index in [9.17, 15) is 10.1 Å². The van der Waals surface area contributed by atoms with Gasteiger partial charge in [0.25, 0.3) is 0 Å². The first-order valence-corrected chi connectivity index (χ1v) is 10.4. The summed E-state index contributed by atoms with van der Waals surface area (Å²) < 4.78 is 5.21. The van der Waals surface area contributed by atoms with Gasteiger partial charge in [0.1, 0.15) is 0 Å².